The van der Waals surface area contributed by atoms with E-state index in [2.05, 4.69) is 16.0 Å². The highest BCUT2D eigenvalue weighted by Crippen LogP contribution is 2.18. The first-order valence-corrected chi connectivity index (χ1v) is 5.93. The topological polar surface area (TPSA) is 87.3 Å². The van der Waals surface area contributed by atoms with E-state index < -0.39 is 6.04 Å². The van der Waals surface area contributed by atoms with Crippen LogP contribution in [0.25, 0.3) is 0 Å². The number of amides is 3. The van der Waals surface area contributed by atoms with Gasteiger partial charge in [-0.25, -0.2) is 0 Å². The molecular weight excluding hydrogens is 222 g/mol. The zero-order chi connectivity index (χ0) is 12.4. The van der Waals surface area contributed by atoms with E-state index in [4.69, 9.17) is 0 Å². The Morgan fingerprint density at radius 2 is 2.12 bits per heavy atom. The van der Waals surface area contributed by atoms with Crippen LogP contribution in [0.15, 0.2) is 0 Å². The normalized spacial score (nSPS) is 25.0. The van der Waals surface area contributed by atoms with Crippen molar-refractivity contribution in [3.8, 4) is 0 Å². The summed E-state index contributed by atoms with van der Waals surface area (Å²) in [7, 11) is 0. The second kappa shape index (κ2) is 4.73. The van der Waals surface area contributed by atoms with Crippen molar-refractivity contribution in [3.05, 3.63) is 0 Å². The average Bonchev–Trinajstić information content (AvgIpc) is 2.97. The zero-order valence-electron chi connectivity index (χ0n) is 9.79. The van der Waals surface area contributed by atoms with Gasteiger partial charge in [-0.1, -0.05) is 0 Å². The maximum Gasteiger partial charge on any atom is 0.242 e. The van der Waals surface area contributed by atoms with Crippen molar-refractivity contribution in [1.82, 2.24) is 16.0 Å². The summed E-state index contributed by atoms with van der Waals surface area (Å²) in [5.74, 6) is -0.848. The first-order chi connectivity index (χ1) is 8.06. The van der Waals surface area contributed by atoms with Crippen LogP contribution in [0.5, 0.6) is 0 Å². The zero-order valence-corrected chi connectivity index (χ0v) is 9.79. The molecule has 1 saturated heterocycles. The lowest BCUT2D eigenvalue weighted by atomic mass is 10.1. The van der Waals surface area contributed by atoms with E-state index in [-0.39, 0.29) is 36.1 Å². The van der Waals surface area contributed by atoms with Gasteiger partial charge in [0.05, 0.1) is 5.92 Å². The highest BCUT2D eigenvalue weighted by molar-refractivity contribution is 5.92. The van der Waals surface area contributed by atoms with Crippen molar-refractivity contribution in [2.75, 3.05) is 6.54 Å². The fourth-order valence-corrected chi connectivity index (χ4v) is 1.74. The summed E-state index contributed by atoms with van der Waals surface area (Å²) in [6.07, 6.45) is 2.25. The molecule has 1 aliphatic heterocycles. The minimum atomic E-state index is -0.543. The maximum atomic E-state index is 11.7. The fourth-order valence-electron chi connectivity index (χ4n) is 1.74. The number of nitrogens with one attached hydrogen (secondary N) is 3. The average molecular weight is 239 g/mol. The SMILES string of the molecule is CC(NC(=O)C1CNC(=O)C1)C(=O)NC1CC1. The van der Waals surface area contributed by atoms with Crippen molar-refractivity contribution < 1.29 is 14.4 Å². The molecule has 2 rings (SSSR count). The Balaban J connectivity index is 1.76. The number of carbonyl (C=O) groups excluding carboxylic acids is 3. The van der Waals surface area contributed by atoms with Gasteiger partial charge in [-0.05, 0) is 19.8 Å². The quantitative estimate of drug-likeness (QED) is 0.582. The molecule has 6 nitrogen and oxygen atoms in total. The largest absolute Gasteiger partial charge is 0.355 e. The van der Waals surface area contributed by atoms with Crippen molar-refractivity contribution >= 4 is 17.7 Å². The first kappa shape index (κ1) is 11.9. The summed E-state index contributed by atoms with van der Waals surface area (Å²) >= 11 is 0. The Kier molecular flexibility index (Phi) is 3.31. The lowest BCUT2D eigenvalue weighted by molar-refractivity contribution is -0.131. The monoisotopic (exact) mass is 239 g/mol. The van der Waals surface area contributed by atoms with Gasteiger partial charge < -0.3 is 16.0 Å². The second-order valence-corrected chi connectivity index (χ2v) is 4.72. The van der Waals surface area contributed by atoms with Crippen LogP contribution in [0.1, 0.15) is 26.2 Å². The molecule has 0 aromatic rings. The van der Waals surface area contributed by atoms with Crippen LogP contribution in [0.2, 0.25) is 0 Å². The Bertz CT molecular complexity index is 352. The van der Waals surface area contributed by atoms with Crippen molar-refractivity contribution in [2.45, 2.75) is 38.3 Å². The maximum absolute atomic E-state index is 11.7. The number of carbonyl (C=O) groups is 3. The van der Waals surface area contributed by atoms with Gasteiger partial charge in [-0.2, -0.15) is 0 Å². The van der Waals surface area contributed by atoms with Crippen LogP contribution in [-0.2, 0) is 14.4 Å². The van der Waals surface area contributed by atoms with E-state index in [1.54, 1.807) is 6.92 Å². The summed E-state index contributed by atoms with van der Waals surface area (Å²) < 4.78 is 0. The molecule has 1 saturated carbocycles. The smallest absolute Gasteiger partial charge is 0.242 e. The van der Waals surface area contributed by atoms with E-state index in [0.717, 1.165) is 12.8 Å². The van der Waals surface area contributed by atoms with E-state index in [9.17, 15) is 14.4 Å². The Labute approximate surface area is 99.5 Å². The van der Waals surface area contributed by atoms with Gasteiger partial charge in [0, 0.05) is 19.0 Å². The van der Waals surface area contributed by atoms with Crippen LogP contribution in [-0.4, -0.2) is 36.3 Å². The van der Waals surface area contributed by atoms with E-state index in [0.29, 0.717) is 6.54 Å². The predicted octanol–water partition coefficient (Wildman–Crippen LogP) is -1.09. The second-order valence-electron chi connectivity index (χ2n) is 4.72. The Hall–Kier alpha value is -1.59. The van der Waals surface area contributed by atoms with Gasteiger partial charge in [0.15, 0.2) is 0 Å². The number of hydrogen-bond donors (Lipinski definition) is 3. The molecule has 0 bridgehead atoms. The molecule has 3 amide bonds. The standard InChI is InChI=1S/C11H17N3O3/c1-6(10(16)14-8-2-3-8)13-11(17)7-4-9(15)12-5-7/h6-8H,2-5H2,1H3,(H,12,15)(H,13,17)(H,14,16). The van der Waals surface area contributed by atoms with Gasteiger partial charge in [0.1, 0.15) is 6.04 Å². The molecule has 6 heteroatoms. The van der Waals surface area contributed by atoms with Crippen molar-refractivity contribution in [2.24, 2.45) is 5.92 Å². The minimum absolute atomic E-state index is 0.111. The fraction of sp³-hybridized carbons (Fsp3) is 0.727. The Morgan fingerprint density at radius 3 is 2.65 bits per heavy atom. The lowest BCUT2D eigenvalue weighted by Crippen LogP contribution is -2.47. The molecule has 1 heterocycles. The van der Waals surface area contributed by atoms with Crippen LogP contribution in [0, 0.1) is 5.92 Å². The molecule has 3 N–H and O–H groups in total. The summed E-state index contributed by atoms with van der Waals surface area (Å²) in [4.78, 5) is 34.3. The summed E-state index contributed by atoms with van der Waals surface area (Å²) in [5.41, 5.74) is 0. The van der Waals surface area contributed by atoms with Gasteiger partial charge in [0.25, 0.3) is 0 Å². The highest BCUT2D eigenvalue weighted by Gasteiger charge is 2.31. The molecule has 17 heavy (non-hydrogen) atoms. The van der Waals surface area contributed by atoms with Gasteiger partial charge >= 0.3 is 0 Å². The molecule has 0 aromatic carbocycles. The lowest BCUT2D eigenvalue weighted by Gasteiger charge is -2.15. The van der Waals surface area contributed by atoms with Crippen LogP contribution in [0.4, 0.5) is 0 Å². The first-order valence-electron chi connectivity index (χ1n) is 5.93. The molecule has 94 valence electrons. The van der Waals surface area contributed by atoms with Gasteiger partial charge in [-0.15, -0.1) is 0 Å². The molecule has 2 fully saturated rings. The molecule has 2 atom stereocenters. The molecular formula is C11H17N3O3. The van der Waals surface area contributed by atoms with E-state index >= 15 is 0 Å². The summed E-state index contributed by atoms with van der Waals surface area (Å²) in [6.45, 7) is 2.02. The molecule has 2 aliphatic rings. The van der Waals surface area contributed by atoms with Crippen LogP contribution >= 0.6 is 0 Å². The van der Waals surface area contributed by atoms with Gasteiger partial charge in [0.2, 0.25) is 17.7 Å². The summed E-state index contributed by atoms with van der Waals surface area (Å²) in [5, 5.41) is 8.05. The molecule has 0 spiro atoms. The number of rotatable bonds is 4. The van der Waals surface area contributed by atoms with Crippen molar-refractivity contribution in [3.63, 3.8) is 0 Å². The highest BCUT2D eigenvalue weighted by atomic mass is 16.2. The van der Waals surface area contributed by atoms with E-state index in [1.807, 2.05) is 0 Å². The third-order valence-electron chi connectivity index (χ3n) is 3.02. The Morgan fingerprint density at radius 1 is 1.41 bits per heavy atom. The summed E-state index contributed by atoms with van der Waals surface area (Å²) in [6, 6.07) is -0.254. The molecule has 0 aromatic heterocycles. The van der Waals surface area contributed by atoms with Crippen molar-refractivity contribution in [1.29, 1.82) is 0 Å². The molecule has 2 unspecified atom stereocenters. The third-order valence-corrected chi connectivity index (χ3v) is 3.02. The molecule has 1 aliphatic carbocycles. The van der Waals surface area contributed by atoms with Crippen LogP contribution < -0.4 is 16.0 Å². The minimum Gasteiger partial charge on any atom is -0.355 e. The van der Waals surface area contributed by atoms with E-state index in [1.165, 1.54) is 0 Å². The third kappa shape index (κ3) is 3.18. The van der Waals surface area contributed by atoms with Crippen LogP contribution in [0.3, 0.4) is 0 Å². The number of hydrogen-bond acceptors (Lipinski definition) is 3. The van der Waals surface area contributed by atoms with Gasteiger partial charge in [-0.3, -0.25) is 14.4 Å². The predicted molar refractivity (Wildman–Crippen MR) is 59.9 cm³/mol. The molecule has 0 radical (unpaired) electrons.